The molecule has 0 saturated heterocycles. The van der Waals surface area contributed by atoms with Crippen molar-refractivity contribution in [1.29, 1.82) is 0 Å². The van der Waals surface area contributed by atoms with Gasteiger partial charge in [-0.3, -0.25) is 0 Å². The van der Waals surface area contributed by atoms with Crippen molar-refractivity contribution < 1.29 is 0 Å². The lowest BCUT2D eigenvalue weighted by molar-refractivity contribution is 0.634. The number of benzene rings is 4. The molecule has 4 aromatic rings. The van der Waals surface area contributed by atoms with Crippen LogP contribution in [0.4, 0.5) is 11.4 Å². The first-order valence-electron chi connectivity index (χ1n) is 13.9. The van der Waals surface area contributed by atoms with Gasteiger partial charge in [0.25, 0.3) is 0 Å². The zero-order chi connectivity index (χ0) is 27.4. The number of hydrogen-bond donors (Lipinski definition) is 0. The van der Waals surface area contributed by atoms with Crippen LogP contribution in [0.25, 0.3) is 21.5 Å². The van der Waals surface area contributed by atoms with Crippen LogP contribution in [-0.2, 0) is 10.8 Å². The van der Waals surface area contributed by atoms with Crippen LogP contribution >= 0.6 is 21.0 Å². The Labute approximate surface area is 243 Å². The van der Waals surface area contributed by atoms with E-state index in [1.54, 1.807) is 0 Å². The molecule has 0 aromatic heterocycles. The molecule has 0 saturated carbocycles. The maximum Gasteiger partial charge on any atom is 0.0530 e. The topological polar surface area (TPSA) is 6.48 Å². The van der Waals surface area contributed by atoms with Crippen molar-refractivity contribution in [3.05, 3.63) is 121 Å². The Morgan fingerprint density at radius 3 is 2.21 bits per heavy atom. The van der Waals surface area contributed by atoms with Crippen molar-refractivity contribution in [3.63, 3.8) is 0 Å². The van der Waals surface area contributed by atoms with Gasteiger partial charge in [0.15, 0.2) is 0 Å². The minimum Gasteiger partial charge on any atom is -0.344 e. The largest absolute Gasteiger partial charge is 0.344 e. The third-order valence-electron chi connectivity index (χ3n) is 8.46. The van der Waals surface area contributed by atoms with Gasteiger partial charge in [0.2, 0.25) is 0 Å². The Balaban J connectivity index is 1.44. The fourth-order valence-electron chi connectivity index (χ4n) is 6.48. The molecule has 0 aliphatic carbocycles. The molecule has 3 heteroatoms. The van der Waals surface area contributed by atoms with Crippen LogP contribution < -0.4 is 8.01 Å². The molecule has 0 atom stereocenters. The van der Waals surface area contributed by atoms with E-state index in [4.69, 9.17) is 0 Å². The number of fused-ring (bicyclic) bond motifs is 6. The van der Waals surface area contributed by atoms with Gasteiger partial charge in [-0.2, -0.15) is 0 Å². The number of rotatable bonds is 5. The summed E-state index contributed by atoms with van der Waals surface area (Å²) in [4.78, 5) is 2.53. The van der Waals surface area contributed by atoms with E-state index < -0.39 is 0 Å². The molecule has 0 unspecified atom stereocenters. The second kappa shape index (κ2) is 9.78. The summed E-state index contributed by atoms with van der Waals surface area (Å²) in [6.07, 6.45) is 9.17. The summed E-state index contributed by atoms with van der Waals surface area (Å²) >= 11 is -0.346. The molecular weight excluding hydrogens is 587 g/mol. The smallest absolute Gasteiger partial charge is 0.0530 e. The summed E-state index contributed by atoms with van der Waals surface area (Å²) < 4.78 is 4.11. The summed E-state index contributed by atoms with van der Waals surface area (Å²) in [6.45, 7) is 17.7. The van der Waals surface area contributed by atoms with Gasteiger partial charge in [-0.15, -0.1) is 6.58 Å². The summed E-state index contributed by atoms with van der Waals surface area (Å²) in [6, 6.07) is 26.8. The molecule has 2 aliphatic rings. The van der Waals surface area contributed by atoms with Crippen LogP contribution in [0.5, 0.6) is 0 Å². The summed E-state index contributed by atoms with van der Waals surface area (Å²) in [5.41, 5.74) is 6.88. The maximum absolute atomic E-state index is 4.07. The zero-order valence-electron chi connectivity index (χ0n) is 23.6. The maximum atomic E-state index is 4.07. The van der Waals surface area contributed by atoms with Crippen molar-refractivity contribution >= 4 is 57.4 Å². The van der Waals surface area contributed by atoms with Crippen LogP contribution in [0.15, 0.2) is 109 Å². The summed E-state index contributed by atoms with van der Waals surface area (Å²) in [7, 11) is 0. The van der Waals surface area contributed by atoms with Gasteiger partial charge in [0.1, 0.15) is 0 Å². The van der Waals surface area contributed by atoms with Gasteiger partial charge in [-0.1, -0.05) is 113 Å². The number of anilines is 2. The monoisotopic (exact) mass is 624 g/mol. The average molecular weight is 625 g/mol. The van der Waals surface area contributed by atoms with Gasteiger partial charge in [-0.05, 0) is 46.4 Å². The van der Waals surface area contributed by atoms with Gasteiger partial charge >= 0.3 is 0 Å². The number of halogens is 1. The number of nitrogens with zero attached hydrogens (tertiary/aromatic N) is 2. The molecule has 39 heavy (non-hydrogen) atoms. The van der Waals surface area contributed by atoms with Gasteiger partial charge in [0.05, 0.1) is 11.4 Å². The van der Waals surface area contributed by atoms with Crippen LogP contribution in [0, 0.1) is 0 Å². The molecule has 0 amide bonds. The molecule has 2 nitrogen and oxygen atoms in total. The molecule has 4 aromatic carbocycles. The third-order valence-corrected chi connectivity index (χ3v) is 12.2. The zero-order valence-corrected chi connectivity index (χ0v) is 25.8. The van der Waals surface area contributed by atoms with Crippen molar-refractivity contribution in [2.24, 2.45) is 0 Å². The predicted octanol–water partition coefficient (Wildman–Crippen LogP) is 9.59. The average Bonchev–Trinajstić information content (AvgIpc) is 3.16. The van der Waals surface area contributed by atoms with Gasteiger partial charge in [0, 0.05) is 59.5 Å². The molecule has 0 spiro atoms. The Hall–Kier alpha value is -3.18. The van der Waals surface area contributed by atoms with Crippen molar-refractivity contribution in [1.82, 2.24) is 0 Å². The first-order chi connectivity index (χ1) is 18.8. The second-order valence-electron chi connectivity index (χ2n) is 11.5. The van der Waals surface area contributed by atoms with Gasteiger partial charge < -0.3 is 8.01 Å². The summed E-state index contributed by atoms with van der Waals surface area (Å²) in [5, 5.41) is 5.32. The minimum absolute atomic E-state index is 0.0367. The van der Waals surface area contributed by atoms with E-state index in [0.29, 0.717) is 0 Å². The van der Waals surface area contributed by atoms with E-state index in [2.05, 4.69) is 140 Å². The SMILES string of the molecule is C=CCN1I=C(/C=C/C=C2\N(CC)c3c(ccc4ccccc34)C2(C)C)C(C)(C)c2c1ccc1ccccc21. The highest BCUT2D eigenvalue weighted by Gasteiger charge is 2.40. The standard InChI is InChI=1S/C36H37IN2/c1-7-24-39-30-23-21-25-14-9-11-16-27(25)33(30)36(5,6)31(37-39)18-13-19-32-35(3,4)29-22-20-26-15-10-12-17-28(26)34(29)38(32)8-2/h7,9-23H,1,8,24H2,2-6H3/b18-13+,32-19-. The highest BCUT2D eigenvalue weighted by atomic mass is 127. The Bertz CT molecular complexity index is 1700. The van der Waals surface area contributed by atoms with Crippen LogP contribution in [0.1, 0.15) is 45.7 Å². The predicted molar refractivity (Wildman–Crippen MR) is 181 cm³/mol. The van der Waals surface area contributed by atoms with Crippen LogP contribution in [0.2, 0.25) is 0 Å². The fraction of sp³-hybridized carbons (Fsp3) is 0.250. The van der Waals surface area contributed by atoms with Crippen molar-refractivity contribution in [2.75, 3.05) is 21.1 Å². The molecule has 2 heterocycles. The highest BCUT2D eigenvalue weighted by molar-refractivity contribution is 14.2. The molecule has 0 bridgehead atoms. The second-order valence-corrected chi connectivity index (χ2v) is 14.3. The Morgan fingerprint density at radius 1 is 0.821 bits per heavy atom. The normalized spacial score (nSPS) is 18.8. The molecule has 6 rings (SSSR count). The first-order valence-corrected chi connectivity index (χ1v) is 15.9. The van der Waals surface area contributed by atoms with Crippen molar-refractivity contribution in [3.8, 4) is 0 Å². The minimum atomic E-state index is -0.346. The fourth-order valence-corrected chi connectivity index (χ4v) is 9.48. The Morgan fingerprint density at radius 2 is 1.49 bits per heavy atom. The number of likely N-dealkylation sites (N-methyl/N-ethyl adjacent to an activating group) is 1. The van der Waals surface area contributed by atoms with E-state index in [1.807, 2.05) is 6.08 Å². The molecular formula is C36H37IN2. The van der Waals surface area contributed by atoms with Crippen LogP contribution in [0.3, 0.4) is 0 Å². The molecule has 0 N–H and O–H groups in total. The lowest BCUT2D eigenvalue weighted by Crippen LogP contribution is -2.34. The molecule has 0 fully saturated rings. The Kier molecular flexibility index (Phi) is 6.53. The lowest BCUT2D eigenvalue weighted by atomic mass is 9.77. The lowest BCUT2D eigenvalue weighted by Gasteiger charge is -2.38. The number of allylic oxidation sites excluding steroid dienone is 4. The van der Waals surface area contributed by atoms with Crippen molar-refractivity contribution in [2.45, 2.75) is 45.4 Å². The van der Waals surface area contributed by atoms with E-state index in [-0.39, 0.29) is 31.8 Å². The first kappa shape index (κ1) is 26.1. The van der Waals surface area contributed by atoms with E-state index in [9.17, 15) is 0 Å². The van der Waals surface area contributed by atoms with Gasteiger partial charge in [-0.25, -0.2) is 0 Å². The quantitative estimate of drug-likeness (QED) is 0.124. The molecule has 2 aliphatic heterocycles. The molecule has 198 valence electrons. The van der Waals surface area contributed by atoms with Crippen LogP contribution in [-0.4, -0.2) is 16.6 Å². The third kappa shape index (κ3) is 4.09. The van der Waals surface area contributed by atoms with E-state index in [1.165, 1.54) is 53.3 Å². The highest BCUT2D eigenvalue weighted by Crippen LogP contribution is 2.51. The van der Waals surface area contributed by atoms with E-state index in [0.717, 1.165) is 13.1 Å². The summed E-state index contributed by atoms with van der Waals surface area (Å²) in [5.74, 6) is 0. The number of hydrogen-bond acceptors (Lipinski definition) is 2. The molecule has 0 radical (unpaired) electrons. The van der Waals surface area contributed by atoms with E-state index >= 15 is 0 Å².